The molecule has 5 atom stereocenters. The molecule has 1 aliphatic carbocycles. The number of nitrogens with zero attached hydrogens (tertiary/aromatic N) is 2. The minimum atomic E-state index is 0.104. The van der Waals surface area contributed by atoms with Gasteiger partial charge in [0, 0.05) is 30.5 Å². The quantitative estimate of drug-likeness (QED) is 0.365. The van der Waals surface area contributed by atoms with E-state index >= 15 is 0 Å². The molecule has 0 spiro atoms. The third kappa shape index (κ3) is 5.06. The number of piperidine rings is 1. The molecule has 3 nitrogen and oxygen atoms in total. The third-order valence-electron chi connectivity index (χ3n) is 9.84. The van der Waals surface area contributed by atoms with E-state index in [4.69, 9.17) is 0 Å². The third-order valence-corrected chi connectivity index (χ3v) is 9.84. The molecule has 2 aliphatic heterocycles. The molecule has 198 valence electrons. The van der Waals surface area contributed by atoms with Gasteiger partial charge in [0.05, 0.1) is 0 Å². The van der Waals surface area contributed by atoms with Gasteiger partial charge < -0.3 is 4.90 Å². The van der Waals surface area contributed by atoms with Gasteiger partial charge in [-0.3, -0.25) is 9.69 Å². The van der Waals surface area contributed by atoms with Crippen molar-refractivity contribution in [3.63, 3.8) is 0 Å². The average molecular weight is 507 g/mol. The summed E-state index contributed by atoms with van der Waals surface area (Å²) in [5, 5.41) is 0. The van der Waals surface area contributed by atoms with Gasteiger partial charge in [-0.15, -0.1) is 0 Å². The summed E-state index contributed by atoms with van der Waals surface area (Å²) in [4.78, 5) is 19.4. The Balaban J connectivity index is 1.24. The van der Waals surface area contributed by atoms with E-state index in [1.165, 1.54) is 42.4 Å². The average Bonchev–Trinajstić information content (AvgIpc) is 3.35. The van der Waals surface area contributed by atoms with E-state index in [2.05, 4.69) is 108 Å². The van der Waals surface area contributed by atoms with Gasteiger partial charge in [0.2, 0.25) is 5.91 Å². The van der Waals surface area contributed by atoms with Gasteiger partial charge in [-0.1, -0.05) is 104 Å². The van der Waals surface area contributed by atoms with Crippen molar-refractivity contribution in [2.24, 2.45) is 5.92 Å². The molecule has 3 aromatic carbocycles. The first-order valence-electron chi connectivity index (χ1n) is 14.9. The predicted molar refractivity (Wildman–Crippen MR) is 155 cm³/mol. The second-order valence-corrected chi connectivity index (χ2v) is 11.9. The number of carbonyl (C=O) groups excluding carboxylic acids is 1. The van der Waals surface area contributed by atoms with Crippen molar-refractivity contribution < 1.29 is 4.79 Å². The summed E-state index contributed by atoms with van der Waals surface area (Å²) in [6.07, 6.45) is 6.93. The number of amides is 1. The van der Waals surface area contributed by atoms with Crippen LogP contribution in [0.15, 0.2) is 91.0 Å². The van der Waals surface area contributed by atoms with Gasteiger partial charge in [-0.25, -0.2) is 0 Å². The van der Waals surface area contributed by atoms with Gasteiger partial charge in [-0.2, -0.15) is 0 Å². The molecule has 0 radical (unpaired) electrons. The SMILES string of the molecule is CC1C(N2CCC(c3ccccc3)CC2)C(c2ccccc2)CN1C(=O)[C@H]1CCCC[C@@H]1c1ccccc1. The number of hydrogen-bond acceptors (Lipinski definition) is 2. The molecule has 3 heteroatoms. The van der Waals surface area contributed by atoms with Crippen LogP contribution in [0.3, 0.4) is 0 Å². The van der Waals surface area contributed by atoms with Crippen molar-refractivity contribution in [1.29, 1.82) is 0 Å². The summed E-state index contributed by atoms with van der Waals surface area (Å²) in [5.74, 6) is 1.86. The number of carbonyl (C=O) groups is 1. The van der Waals surface area contributed by atoms with E-state index in [-0.39, 0.29) is 12.0 Å². The Morgan fingerprint density at radius 2 is 1.18 bits per heavy atom. The number of hydrogen-bond donors (Lipinski definition) is 0. The second kappa shape index (κ2) is 11.5. The minimum absolute atomic E-state index is 0.104. The van der Waals surface area contributed by atoms with Gasteiger partial charge in [-0.05, 0) is 74.2 Å². The Hall–Kier alpha value is -2.91. The summed E-state index contributed by atoms with van der Waals surface area (Å²) in [6.45, 7) is 5.38. The van der Waals surface area contributed by atoms with Crippen LogP contribution < -0.4 is 0 Å². The van der Waals surface area contributed by atoms with Crippen LogP contribution in [0.4, 0.5) is 0 Å². The zero-order valence-electron chi connectivity index (χ0n) is 22.8. The molecule has 6 rings (SSSR count). The summed E-state index contributed by atoms with van der Waals surface area (Å²) in [7, 11) is 0. The molecular weight excluding hydrogens is 464 g/mol. The van der Waals surface area contributed by atoms with Crippen LogP contribution in [-0.4, -0.2) is 47.4 Å². The zero-order valence-corrected chi connectivity index (χ0v) is 22.8. The maximum absolute atomic E-state index is 14.3. The molecule has 38 heavy (non-hydrogen) atoms. The van der Waals surface area contributed by atoms with Gasteiger partial charge >= 0.3 is 0 Å². The minimum Gasteiger partial charge on any atom is -0.337 e. The van der Waals surface area contributed by atoms with E-state index in [0.717, 1.165) is 32.5 Å². The smallest absolute Gasteiger partial charge is 0.226 e. The summed E-state index contributed by atoms with van der Waals surface area (Å²) in [5.41, 5.74) is 4.21. The Kier molecular flexibility index (Phi) is 7.65. The predicted octanol–water partition coefficient (Wildman–Crippen LogP) is 7.22. The number of likely N-dealkylation sites (tertiary alicyclic amines) is 2. The van der Waals surface area contributed by atoms with Crippen LogP contribution in [0.1, 0.15) is 79.9 Å². The van der Waals surface area contributed by atoms with Crippen molar-refractivity contribution in [3.8, 4) is 0 Å². The molecule has 2 saturated heterocycles. The van der Waals surface area contributed by atoms with E-state index in [1.807, 2.05) is 0 Å². The van der Waals surface area contributed by atoms with Crippen molar-refractivity contribution in [2.45, 2.75) is 75.3 Å². The lowest BCUT2D eigenvalue weighted by Crippen LogP contribution is -2.50. The molecule has 3 aromatic rings. The Morgan fingerprint density at radius 3 is 1.79 bits per heavy atom. The van der Waals surface area contributed by atoms with Crippen molar-refractivity contribution in [1.82, 2.24) is 9.80 Å². The molecule has 1 saturated carbocycles. The fourth-order valence-electron chi connectivity index (χ4n) is 7.85. The van der Waals surface area contributed by atoms with E-state index < -0.39 is 0 Å². The highest BCUT2D eigenvalue weighted by molar-refractivity contribution is 5.81. The van der Waals surface area contributed by atoms with E-state index in [0.29, 0.717) is 29.7 Å². The van der Waals surface area contributed by atoms with E-state index in [9.17, 15) is 4.79 Å². The molecule has 1 amide bonds. The molecule has 0 aromatic heterocycles. The molecule has 3 aliphatic rings. The maximum Gasteiger partial charge on any atom is 0.226 e. The molecule has 0 N–H and O–H groups in total. The lowest BCUT2D eigenvalue weighted by Gasteiger charge is -2.41. The molecule has 3 fully saturated rings. The van der Waals surface area contributed by atoms with Gasteiger partial charge in [0.1, 0.15) is 0 Å². The lowest BCUT2D eigenvalue weighted by atomic mass is 9.74. The zero-order chi connectivity index (χ0) is 25.9. The van der Waals surface area contributed by atoms with Crippen molar-refractivity contribution >= 4 is 5.91 Å². The van der Waals surface area contributed by atoms with Crippen LogP contribution in [-0.2, 0) is 4.79 Å². The largest absolute Gasteiger partial charge is 0.337 e. The lowest BCUT2D eigenvalue weighted by molar-refractivity contribution is -0.138. The summed E-state index contributed by atoms with van der Waals surface area (Å²) >= 11 is 0. The van der Waals surface area contributed by atoms with Gasteiger partial charge in [0.15, 0.2) is 0 Å². The van der Waals surface area contributed by atoms with Crippen LogP contribution in [0, 0.1) is 5.92 Å². The first-order valence-corrected chi connectivity index (χ1v) is 14.9. The first-order chi connectivity index (χ1) is 18.7. The van der Waals surface area contributed by atoms with Crippen molar-refractivity contribution in [3.05, 3.63) is 108 Å². The highest BCUT2D eigenvalue weighted by Gasteiger charge is 2.48. The topological polar surface area (TPSA) is 23.6 Å². The molecule has 2 heterocycles. The maximum atomic E-state index is 14.3. The Bertz CT molecular complexity index is 1170. The Labute approximate surface area is 228 Å². The summed E-state index contributed by atoms with van der Waals surface area (Å²) in [6, 6.07) is 33.4. The Morgan fingerprint density at radius 1 is 0.658 bits per heavy atom. The van der Waals surface area contributed by atoms with Crippen LogP contribution in [0.5, 0.6) is 0 Å². The highest BCUT2D eigenvalue weighted by Crippen LogP contribution is 2.43. The van der Waals surface area contributed by atoms with Crippen molar-refractivity contribution in [2.75, 3.05) is 19.6 Å². The van der Waals surface area contributed by atoms with Crippen LogP contribution >= 0.6 is 0 Å². The fraction of sp³-hybridized carbons (Fsp3) is 0.457. The molecular formula is C35H42N2O. The normalized spacial score (nSPS) is 28.9. The highest BCUT2D eigenvalue weighted by atomic mass is 16.2. The van der Waals surface area contributed by atoms with Crippen LogP contribution in [0.25, 0.3) is 0 Å². The molecule has 3 unspecified atom stereocenters. The van der Waals surface area contributed by atoms with Gasteiger partial charge in [0.25, 0.3) is 0 Å². The van der Waals surface area contributed by atoms with E-state index in [1.54, 1.807) is 0 Å². The fourth-order valence-corrected chi connectivity index (χ4v) is 7.85. The first kappa shape index (κ1) is 25.4. The second-order valence-electron chi connectivity index (χ2n) is 11.9. The summed E-state index contributed by atoms with van der Waals surface area (Å²) < 4.78 is 0. The number of rotatable bonds is 5. The standard InChI is InChI=1S/C35H42N2O/c1-26-34(36-23-21-28(22-24-36)27-13-5-2-6-14-27)33(30-17-9-4-10-18-30)25-37(26)35(38)32-20-12-11-19-31(32)29-15-7-3-8-16-29/h2-10,13-18,26,28,31-34H,11-12,19-25H2,1H3/t26?,31-,32+,33?,34?/m1/s1. The molecule has 0 bridgehead atoms. The number of benzene rings is 3. The van der Waals surface area contributed by atoms with Crippen LogP contribution in [0.2, 0.25) is 0 Å². The monoisotopic (exact) mass is 506 g/mol.